The molecule has 112 valence electrons. The van der Waals surface area contributed by atoms with Gasteiger partial charge < -0.3 is 16.4 Å². The molecule has 1 aromatic heterocycles. The molecule has 0 aromatic carbocycles. The molecule has 4 N–H and O–H groups in total. The van der Waals surface area contributed by atoms with E-state index < -0.39 is 6.04 Å². The molecule has 0 aliphatic rings. The van der Waals surface area contributed by atoms with Gasteiger partial charge in [-0.3, -0.25) is 9.59 Å². The Bertz CT molecular complexity index is 463. The Kier molecular flexibility index (Phi) is 6.16. The maximum absolute atomic E-state index is 11.6. The molecule has 0 spiro atoms. The summed E-state index contributed by atoms with van der Waals surface area (Å²) in [6.07, 6.45) is 0. The van der Waals surface area contributed by atoms with E-state index in [4.69, 9.17) is 5.73 Å². The fraction of sp³-hybridized carbons (Fsp3) is 0.571. The molecule has 1 heterocycles. The molecule has 0 bridgehead atoms. The SMILES string of the molecule is Cc1cc(CNC(=O)CNC(=O)[C@@H](N)C(C)C)sc1C. The first kappa shape index (κ1) is 16.7. The average molecular weight is 297 g/mol. The van der Waals surface area contributed by atoms with Crippen molar-refractivity contribution in [1.29, 1.82) is 0 Å². The van der Waals surface area contributed by atoms with Crippen molar-refractivity contribution >= 4 is 23.2 Å². The number of hydrogen-bond donors (Lipinski definition) is 3. The van der Waals surface area contributed by atoms with Crippen LogP contribution in [0.5, 0.6) is 0 Å². The molecule has 0 saturated carbocycles. The molecule has 1 aromatic rings. The van der Waals surface area contributed by atoms with E-state index in [1.165, 1.54) is 10.4 Å². The van der Waals surface area contributed by atoms with Gasteiger partial charge in [-0.15, -0.1) is 11.3 Å². The molecule has 20 heavy (non-hydrogen) atoms. The van der Waals surface area contributed by atoms with E-state index >= 15 is 0 Å². The molecule has 1 rings (SSSR count). The molecule has 2 amide bonds. The second-order valence-corrected chi connectivity index (χ2v) is 6.56. The van der Waals surface area contributed by atoms with E-state index in [9.17, 15) is 9.59 Å². The summed E-state index contributed by atoms with van der Waals surface area (Å²) in [4.78, 5) is 25.6. The Morgan fingerprint density at radius 1 is 1.30 bits per heavy atom. The summed E-state index contributed by atoms with van der Waals surface area (Å²) in [6.45, 7) is 8.29. The van der Waals surface area contributed by atoms with Crippen molar-refractivity contribution in [2.24, 2.45) is 11.7 Å². The van der Waals surface area contributed by atoms with Gasteiger partial charge in [-0.25, -0.2) is 0 Å². The standard InChI is InChI=1S/C14H23N3O2S/c1-8(2)13(15)14(19)17-7-12(18)16-6-11-5-9(3)10(4)20-11/h5,8,13H,6-7,15H2,1-4H3,(H,16,18)(H,17,19)/t13-/m0/s1. The first-order valence-electron chi connectivity index (χ1n) is 6.67. The van der Waals surface area contributed by atoms with Gasteiger partial charge in [0.1, 0.15) is 0 Å². The lowest BCUT2D eigenvalue weighted by atomic mass is 10.1. The van der Waals surface area contributed by atoms with Crippen molar-refractivity contribution < 1.29 is 9.59 Å². The van der Waals surface area contributed by atoms with Gasteiger partial charge in [-0.1, -0.05) is 13.8 Å². The number of aryl methyl sites for hydroxylation is 2. The predicted molar refractivity (Wildman–Crippen MR) is 81.5 cm³/mol. The summed E-state index contributed by atoms with van der Waals surface area (Å²) in [5, 5.41) is 5.32. The number of thiophene rings is 1. The predicted octanol–water partition coefficient (Wildman–Crippen LogP) is 1.08. The summed E-state index contributed by atoms with van der Waals surface area (Å²) >= 11 is 1.67. The van der Waals surface area contributed by atoms with Crippen molar-refractivity contribution in [3.63, 3.8) is 0 Å². The lowest BCUT2D eigenvalue weighted by Crippen LogP contribution is -2.47. The fourth-order valence-electron chi connectivity index (χ4n) is 1.57. The zero-order chi connectivity index (χ0) is 15.3. The molecule has 5 nitrogen and oxygen atoms in total. The van der Waals surface area contributed by atoms with Crippen molar-refractivity contribution in [3.8, 4) is 0 Å². The number of rotatable bonds is 6. The van der Waals surface area contributed by atoms with Crippen molar-refractivity contribution in [1.82, 2.24) is 10.6 Å². The van der Waals surface area contributed by atoms with Crippen molar-refractivity contribution in [2.75, 3.05) is 6.54 Å². The number of nitrogens with two attached hydrogens (primary N) is 1. The number of amides is 2. The summed E-state index contributed by atoms with van der Waals surface area (Å²) in [5.74, 6) is -0.453. The highest BCUT2D eigenvalue weighted by Crippen LogP contribution is 2.20. The van der Waals surface area contributed by atoms with Crippen LogP contribution < -0.4 is 16.4 Å². The fourth-order valence-corrected chi connectivity index (χ4v) is 2.57. The Hall–Kier alpha value is -1.40. The lowest BCUT2D eigenvalue weighted by molar-refractivity contribution is -0.127. The number of carbonyl (C=O) groups excluding carboxylic acids is 2. The third-order valence-corrected chi connectivity index (χ3v) is 4.27. The molecule has 0 fully saturated rings. The summed E-state index contributed by atoms with van der Waals surface area (Å²) in [5.41, 5.74) is 6.92. The first-order chi connectivity index (χ1) is 9.31. The van der Waals surface area contributed by atoms with E-state index in [1.54, 1.807) is 11.3 Å². The largest absolute Gasteiger partial charge is 0.350 e. The molecule has 0 aliphatic heterocycles. The average Bonchev–Trinajstić information content (AvgIpc) is 2.71. The lowest BCUT2D eigenvalue weighted by Gasteiger charge is -2.15. The molecular weight excluding hydrogens is 274 g/mol. The molecule has 0 saturated heterocycles. The third-order valence-electron chi connectivity index (χ3n) is 3.12. The highest BCUT2D eigenvalue weighted by atomic mass is 32.1. The minimum atomic E-state index is -0.578. The van der Waals surface area contributed by atoms with Gasteiger partial charge in [-0.05, 0) is 31.4 Å². The Morgan fingerprint density at radius 2 is 1.95 bits per heavy atom. The van der Waals surface area contributed by atoms with Gasteiger partial charge in [-0.2, -0.15) is 0 Å². The highest BCUT2D eigenvalue weighted by Gasteiger charge is 2.17. The number of nitrogens with one attached hydrogen (secondary N) is 2. The van der Waals surface area contributed by atoms with Crippen LogP contribution in [-0.4, -0.2) is 24.4 Å². The van der Waals surface area contributed by atoms with Crippen LogP contribution in [0.15, 0.2) is 6.07 Å². The van der Waals surface area contributed by atoms with Crippen LogP contribution in [0.25, 0.3) is 0 Å². The Morgan fingerprint density at radius 3 is 2.45 bits per heavy atom. The van der Waals surface area contributed by atoms with Crippen LogP contribution >= 0.6 is 11.3 Å². The van der Waals surface area contributed by atoms with Crippen LogP contribution in [0.4, 0.5) is 0 Å². The Balaban J connectivity index is 2.32. The van der Waals surface area contributed by atoms with E-state index in [1.807, 2.05) is 20.8 Å². The van der Waals surface area contributed by atoms with Gasteiger partial charge in [0.15, 0.2) is 0 Å². The molecule has 6 heteroatoms. The van der Waals surface area contributed by atoms with E-state index in [0.717, 1.165) is 4.88 Å². The molecule has 1 atom stereocenters. The van der Waals surface area contributed by atoms with Crippen molar-refractivity contribution in [2.45, 2.75) is 40.3 Å². The number of hydrogen-bond acceptors (Lipinski definition) is 4. The smallest absolute Gasteiger partial charge is 0.239 e. The normalized spacial score (nSPS) is 12.3. The van der Waals surface area contributed by atoms with Crippen LogP contribution in [0.3, 0.4) is 0 Å². The minimum Gasteiger partial charge on any atom is -0.350 e. The molecule has 0 unspecified atom stereocenters. The van der Waals surface area contributed by atoms with Gasteiger partial charge in [0.05, 0.1) is 19.1 Å². The maximum atomic E-state index is 11.6. The third kappa shape index (κ3) is 4.94. The van der Waals surface area contributed by atoms with E-state index in [2.05, 4.69) is 23.6 Å². The summed E-state index contributed by atoms with van der Waals surface area (Å²) in [6, 6.07) is 1.48. The molecule has 0 radical (unpaired) electrons. The quantitative estimate of drug-likeness (QED) is 0.734. The highest BCUT2D eigenvalue weighted by molar-refractivity contribution is 7.12. The maximum Gasteiger partial charge on any atom is 0.239 e. The first-order valence-corrected chi connectivity index (χ1v) is 7.48. The van der Waals surface area contributed by atoms with Gasteiger partial charge >= 0.3 is 0 Å². The van der Waals surface area contributed by atoms with Crippen LogP contribution in [0, 0.1) is 19.8 Å². The second kappa shape index (κ2) is 7.40. The second-order valence-electron chi connectivity index (χ2n) is 5.22. The Labute approximate surface area is 123 Å². The zero-order valence-electron chi connectivity index (χ0n) is 12.4. The minimum absolute atomic E-state index is 0.0391. The van der Waals surface area contributed by atoms with E-state index in [-0.39, 0.29) is 24.3 Å². The summed E-state index contributed by atoms with van der Waals surface area (Å²) < 4.78 is 0. The van der Waals surface area contributed by atoms with E-state index in [0.29, 0.717) is 6.54 Å². The van der Waals surface area contributed by atoms with Crippen LogP contribution in [-0.2, 0) is 16.1 Å². The monoisotopic (exact) mass is 297 g/mol. The van der Waals surface area contributed by atoms with Crippen molar-refractivity contribution in [3.05, 3.63) is 21.4 Å². The zero-order valence-corrected chi connectivity index (χ0v) is 13.3. The van der Waals surface area contributed by atoms with Crippen LogP contribution in [0.2, 0.25) is 0 Å². The molecule has 0 aliphatic carbocycles. The molecular formula is C14H23N3O2S. The van der Waals surface area contributed by atoms with Crippen LogP contribution in [0.1, 0.15) is 29.2 Å². The topological polar surface area (TPSA) is 84.2 Å². The van der Waals surface area contributed by atoms with Gasteiger partial charge in [0, 0.05) is 9.75 Å². The van der Waals surface area contributed by atoms with Gasteiger partial charge in [0.2, 0.25) is 11.8 Å². The van der Waals surface area contributed by atoms with Gasteiger partial charge in [0.25, 0.3) is 0 Å². The number of carbonyl (C=O) groups is 2. The summed E-state index contributed by atoms with van der Waals surface area (Å²) in [7, 11) is 0.